The van der Waals surface area contributed by atoms with Gasteiger partial charge in [0.2, 0.25) is 0 Å². The van der Waals surface area contributed by atoms with Crippen molar-refractivity contribution in [1.29, 1.82) is 0 Å². The number of furan rings is 1. The second-order valence-corrected chi connectivity index (χ2v) is 5.13. The Kier molecular flexibility index (Phi) is 3.85. The number of hydrogen-bond acceptors (Lipinski definition) is 6. The van der Waals surface area contributed by atoms with Crippen molar-refractivity contribution in [3.63, 3.8) is 0 Å². The van der Waals surface area contributed by atoms with E-state index in [1.54, 1.807) is 30.2 Å². The Morgan fingerprint density at radius 2 is 2.00 bits per heavy atom. The maximum atomic E-state index is 8.98. The molecule has 0 radical (unpaired) electrons. The van der Waals surface area contributed by atoms with Crippen LogP contribution in [0.15, 0.2) is 56.5 Å². The van der Waals surface area contributed by atoms with Crippen molar-refractivity contribution in [1.82, 2.24) is 10.1 Å². The number of benzene rings is 1. The van der Waals surface area contributed by atoms with Crippen LogP contribution in [0.25, 0.3) is 11.7 Å². The quantitative estimate of drug-likeness (QED) is 0.727. The highest BCUT2D eigenvalue weighted by molar-refractivity contribution is 7.98. The molecule has 2 aromatic heterocycles. The summed E-state index contributed by atoms with van der Waals surface area (Å²) in [5, 5.41) is 12.9. The zero-order chi connectivity index (χ0) is 13.8. The lowest BCUT2D eigenvalue weighted by Gasteiger charge is -1.99. The molecule has 0 spiro atoms. The van der Waals surface area contributed by atoms with Gasteiger partial charge in [-0.2, -0.15) is 4.98 Å². The highest BCUT2D eigenvalue weighted by Gasteiger charge is 2.11. The first-order valence-corrected chi connectivity index (χ1v) is 7.03. The molecule has 102 valence electrons. The Balaban J connectivity index is 1.63. The Labute approximate surface area is 119 Å². The lowest BCUT2D eigenvalue weighted by Crippen LogP contribution is -1.85. The van der Waals surface area contributed by atoms with Gasteiger partial charge in [-0.1, -0.05) is 17.3 Å². The fourth-order valence-corrected chi connectivity index (χ4v) is 2.39. The first-order chi connectivity index (χ1) is 9.85. The van der Waals surface area contributed by atoms with Crippen LogP contribution in [0.1, 0.15) is 11.4 Å². The molecule has 3 rings (SSSR count). The molecule has 0 saturated heterocycles. The van der Waals surface area contributed by atoms with Gasteiger partial charge in [0.1, 0.15) is 0 Å². The predicted molar refractivity (Wildman–Crippen MR) is 73.9 cm³/mol. The fraction of sp³-hybridized carbons (Fsp3) is 0.143. The molecule has 0 atom stereocenters. The first-order valence-electron chi connectivity index (χ1n) is 6.04. The number of hydrogen-bond donors (Lipinski definition) is 1. The van der Waals surface area contributed by atoms with Crippen molar-refractivity contribution in [2.75, 3.05) is 0 Å². The molecule has 0 aliphatic rings. The molecule has 5 nitrogen and oxygen atoms in total. The number of rotatable bonds is 5. The molecular formula is C14H12N2O3S. The Morgan fingerprint density at radius 1 is 1.15 bits per heavy atom. The molecule has 0 fully saturated rings. The highest BCUT2D eigenvalue weighted by Crippen LogP contribution is 2.24. The van der Waals surface area contributed by atoms with Gasteiger partial charge >= 0.3 is 0 Å². The van der Waals surface area contributed by atoms with Crippen LogP contribution in [-0.4, -0.2) is 15.2 Å². The summed E-state index contributed by atoms with van der Waals surface area (Å²) in [6, 6.07) is 11.3. The summed E-state index contributed by atoms with van der Waals surface area (Å²) < 4.78 is 10.3. The summed E-state index contributed by atoms with van der Waals surface area (Å²) in [7, 11) is 0. The van der Waals surface area contributed by atoms with Crippen molar-refractivity contribution in [3.05, 3.63) is 54.0 Å². The number of nitrogens with zero attached hydrogens (tertiary/aromatic N) is 2. The molecule has 0 bridgehead atoms. The van der Waals surface area contributed by atoms with Gasteiger partial charge in [-0.25, -0.2) is 0 Å². The van der Waals surface area contributed by atoms with E-state index < -0.39 is 0 Å². The molecule has 0 saturated carbocycles. The van der Waals surface area contributed by atoms with Gasteiger partial charge in [-0.15, -0.1) is 11.8 Å². The van der Waals surface area contributed by atoms with Crippen molar-refractivity contribution in [3.8, 4) is 11.7 Å². The minimum absolute atomic E-state index is 0.0578. The van der Waals surface area contributed by atoms with E-state index in [1.165, 1.54) is 0 Å². The fourth-order valence-electron chi connectivity index (χ4n) is 1.65. The summed E-state index contributed by atoms with van der Waals surface area (Å²) in [4.78, 5) is 5.36. The maximum absolute atomic E-state index is 8.98. The van der Waals surface area contributed by atoms with E-state index in [4.69, 9.17) is 14.0 Å². The predicted octanol–water partition coefficient (Wildman–Crippen LogP) is 3.11. The first kappa shape index (κ1) is 13.0. The third kappa shape index (κ3) is 2.92. The molecule has 3 aromatic rings. The summed E-state index contributed by atoms with van der Waals surface area (Å²) in [5.41, 5.74) is 0.897. The smallest absolute Gasteiger partial charge is 0.293 e. The van der Waals surface area contributed by atoms with Crippen LogP contribution in [0, 0.1) is 0 Å². The van der Waals surface area contributed by atoms with Gasteiger partial charge in [0, 0.05) is 4.90 Å². The van der Waals surface area contributed by atoms with Crippen LogP contribution in [0.3, 0.4) is 0 Å². The number of aromatic nitrogens is 2. The Morgan fingerprint density at radius 3 is 2.70 bits per heavy atom. The van der Waals surface area contributed by atoms with Crippen LogP contribution in [0.5, 0.6) is 0 Å². The molecule has 0 amide bonds. The summed E-state index contributed by atoms with van der Waals surface area (Å²) in [5.74, 6) is 2.19. The lowest BCUT2D eigenvalue weighted by atomic mass is 10.2. The Hall–Kier alpha value is -2.05. The summed E-state index contributed by atoms with van der Waals surface area (Å²) in [6.07, 6.45) is 1.57. The minimum Gasteiger partial charge on any atom is -0.459 e. The molecule has 20 heavy (non-hydrogen) atoms. The topological polar surface area (TPSA) is 72.3 Å². The van der Waals surface area contributed by atoms with Gasteiger partial charge in [0.15, 0.2) is 11.6 Å². The van der Waals surface area contributed by atoms with Crippen LogP contribution in [0.2, 0.25) is 0 Å². The molecule has 6 heteroatoms. The van der Waals surface area contributed by atoms with E-state index in [-0.39, 0.29) is 6.61 Å². The molecule has 1 N–H and O–H groups in total. The SMILES string of the molecule is OCc1ccc(SCc2noc(-c3ccco3)n2)cc1. The van der Waals surface area contributed by atoms with Crippen molar-refractivity contribution in [2.45, 2.75) is 17.3 Å². The molecule has 0 aliphatic heterocycles. The second kappa shape index (κ2) is 5.94. The molecular weight excluding hydrogens is 276 g/mol. The molecule has 2 heterocycles. The zero-order valence-corrected chi connectivity index (χ0v) is 11.3. The summed E-state index contributed by atoms with van der Waals surface area (Å²) in [6.45, 7) is 0.0578. The van der Waals surface area contributed by atoms with Crippen molar-refractivity contribution in [2.24, 2.45) is 0 Å². The van der Waals surface area contributed by atoms with Gasteiger partial charge in [0.05, 0.1) is 18.6 Å². The van der Waals surface area contributed by atoms with E-state index >= 15 is 0 Å². The Bertz CT molecular complexity index is 662. The van der Waals surface area contributed by atoms with Crippen LogP contribution < -0.4 is 0 Å². The van der Waals surface area contributed by atoms with E-state index in [0.717, 1.165) is 10.5 Å². The average Bonchev–Trinajstić information content (AvgIpc) is 3.16. The van der Waals surface area contributed by atoms with E-state index in [1.807, 2.05) is 24.3 Å². The minimum atomic E-state index is 0.0578. The van der Waals surface area contributed by atoms with Gasteiger partial charge < -0.3 is 14.0 Å². The summed E-state index contributed by atoms with van der Waals surface area (Å²) >= 11 is 1.61. The lowest BCUT2D eigenvalue weighted by molar-refractivity contribution is 0.282. The average molecular weight is 288 g/mol. The maximum Gasteiger partial charge on any atom is 0.293 e. The van der Waals surface area contributed by atoms with E-state index in [9.17, 15) is 0 Å². The molecule has 1 aromatic carbocycles. The third-order valence-electron chi connectivity index (χ3n) is 2.67. The highest BCUT2D eigenvalue weighted by atomic mass is 32.2. The van der Waals surface area contributed by atoms with E-state index in [0.29, 0.717) is 23.2 Å². The number of aliphatic hydroxyl groups is 1. The van der Waals surface area contributed by atoms with E-state index in [2.05, 4.69) is 10.1 Å². The zero-order valence-electron chi connectivity index (χ0n) is 10.5. The monoisotopic (exact) mass is 288 g/mol. The van der Waals surface area contributed by atoms with Crippen molar-refractivity contribution >= 4 is 11.8 Å². The largest absolute Gasteiger partial charge is 0.459 e. The van der Waals surface area contributed by atoms with Gasteiger partial charge in [-0.05, 0) is 29.8 Å². The van der Waals surface area contributed by atoms with Gasteiger partial charge in [-0.3, -0.25) is 0 Å². The van der Waals surface area contributed by atoms with Crippen LogP contribution >= 0.6 is 11.8 Å². The normalized spacial score (nSPS) is 10.8. The number of thioether (sulfide) groups is 1. The van der Waals surface area contributed by atoms with Gasteiger partial charge in [0.25, 0.3) is 5.89 Å². The second-order valence-electron chi connectivity index (χ2n) is 4.08. The molecule has 0 aliphatic carbocycles. The third-order valence-corrected chi connectivity index (χ3v) is 3.68. The van der Waals surface area contributed by atoms with Crippen LogP contribution in [-0.2, 0) is 12.4 Å². The van der Waals surface area contributed by atoms with Crippen LogP contribution in [0.4, 0.5) is 0 Å². The molecule has 0 unspecified atom stereocenters. The number of aliphatic hydroxyl groups excluding tert-OH is 1. The standard InChI is InChI=1S/C14H12N2O3S/c17-8-10-3-5-11(6-4-10)20-9-13-15-14(19-16-13)12-2-1-7-18-12/h1-7,17H,8-9H2. The van der Waals surface area contributed by atoms with Crippen molar-refractivity contribution < 1.29 is 14.0 Å².